The third-order valence-electron chi connectivity index (χ3n) is 5.83. The van der Waals surface area contributed by atoms with Crippen LogP contribution < -0.4 is 11.1 Å². The third-order valence-corrected chi connectivity index (χ3v) is 5.83. The number of nitrogens with two attached hydrogens (primary N) is 1. The molecule has 1 aliphatic carbocycles. The molecule has 1 saturated carbocycles. The Kier molecular flexibility index (Phi) is 3.92. The van der Waals surface area contributed by atoms with Crippen molar-refractivity contribution in [1.29, 1.82) is 0 Å². The molecule has 0 aromatic carbocycles. The van der Waals surface area contributed by atoms with Gasteiger partial charge < -0.3 is 16.0 Å². The molecule has 0 aromatic heterocycles. The lowest BCUT2D eigenvalue weighted by atomic mass is 9.90. The highest BCUT2D eigenvalue weighted by molar-refractivity contribution is 4.94. The van der Waals surface area contributed by atoms with Crippen molar-refractivity contribution in [2.75, 3.05) is 20.1 Å². The topological polar surface area (TPSA) is 41.3 Å². The van der Waals surface area contributed by atoms with E-state index in [2.05, 4.69) is 17.3 Å². The van der Waals surface area contributed by atoms with Gasteiger partial charge in [0.15, 0.2) is 0 Å². The Bertz CT molecular complexity index is 267. The van der Waals surface area contributed by atoms with Crippen LogP contribution in [0.5, 0.6) is 0 Å². The molecule has 4 unspecified atom stereocenters. The number of nitrogens with one attached hydrogen (secondary N) is 1. The summed E-state index contributed by atoms with van der Waals surface area (Å²) >= 11 is 0. The Morgan fingerprint density at radius 2 is 1.83 bits per heavy atom. The molecule has 3 heteroatoms. The molecule has 3 N–H and O–H groups in total. The van der Waals surface area contributed by atoms with Crippen LogP contribution in [0, 0.1) is 11.8 Å². The van der Waals surface area contributed by atoms with Crippen LogP contribution in [0.4, 0.5) is 0 Å². The van der Waals surface area contributed by atoms with Crippen molar-refractivity contribution in [2.24, 2.45) is 17.6 Å². The summed E-state index contributed by atoms with van der Waals surface area (Å²) in [7, 11) is 2.33. The number of hydrogen-bond donors (Lipinski definition) is 2. The second kappa shape index (κ2) is 5.48. The highest BCUT2D eigenvalue weighted by Gasteiger charge is 2.38. The van der Waals surface area contributed by atoms with Crippen molar-refractivity contribution >= 4 is 0 Å². The molecule has 2 bridgehead atoms. The smallest absolute Gasteiger partial charge is 0.0107 e. The molecular weight excluding hydrogens is 222 g/mol. The predicted molar refractivity (Wildman–Crippen MR) is 75.5 cm³/mol. The highest BCUT2D eigenvalue weighted by atomic mass is 15.2. The molecule has 2 saturated heterocycles. The zero-order chi connectivity index (χ0) is 12.5. The quantitative estimate of drug-likeness (QED) is 0.797. The van der Waals surface area contributed by atoms with Crippen molar-refractivity contribution < 1.29 is 0 Å². The van der Waals surface area contributed by atoms with E-state index < -0.39 is 0 Å². The van der Waals surface area contributed by atoms with Crippen LogP contribution >= 0.6 is 0 Å². The normalized spacial score (nSPS) is 44.7. The van der Waals surface area contributed by atoms with Crippen LogP contribution in [0.2, 0.25) is 0 Å². The maximum Gasteiger partial charge on any atom is 0.0107 e. The molecule has 2 heterocycles. The van der Waals surface area contributed by atoms with E-state index >= 15 is 0 Å². The monoisotopic (exact) mass is 251 g/mol. The molecule has 4 atom stereocenters. The molecule has 104 valence electrons. The van der Waals surface area contributed by atoms with Gasteiger partial charge in [-0.15, -0.1) is 0 Å². The molecule has 0 aromatic rings. The maximum atomic E-state index is 5.86. The van der Waals surface area contributed by atoms with Gasteiger partial charge in [0, 0.05) is 18.1 Å². The first-order valence-electron chi connectivity index (χ1n) is 7.93. The maximum absolute atomic E-state index is 5.86. The molecule has 0 amide bonds. The van der Waals surface area contributed by atoms with E-state index in [9.17, 15) is 0 Å². The molecule has 3 nitrogen and oxygen atoms in total. The SMILES string of the molecule is CN1C2CCC1CC(CNC1CCCC1CN)C2. The first-order chi connectivity index (χ1) is 8.78. The van der Waals surface area contributed by atoms with Gasteiger partial charge >= 0.3 is 0 Å². The van der Waals surface area contributed by atoms with E-state index in [1.54, 1.807) is 0 Å². The average Bonchev–Trinajstić information content (AvgIpc) is 2.89. The Balaban J connectivity index is 1.47. The van der Waals surface area contributed by atoms with E-state index in [4.69, 9.17) is 5.73 Å². The van der Waals surface area contributed by atoms with Crippen LogP contribution in [-0.2, 0) is 0 Å². The van der Waals surface area contributed by atoms with Crippen molar-refractivity contribution in [3.8, 4) is 0 Å². The number of rotatable bonds is 4. The first kappa shape index (κ1) is 12.9. The summed E-state index contributed by atoms with van der Waals surface area (Å²) < 4.78 is 0. The standard InChI is InChI=1S/C15H29N3/c1-18-13-5-6-14(18)8-11(7-13)10-17-15-4-2-3-12(15)9-16/h11-15,17H,2-10,16H2,1H3. The summed E-state index contributed by atoms with van der Waals surface area (Å²) in [5.41, 5.74) is 5.86. The van der Waals surface area contributed by atoms with Crippen LogP contribution in [0.1, 0.15) is 44.9 Å². The second-order valence-electron chi connectivity index (χ2n) is 6.83. The Morgan fingerprint density at radius 3 is 2.50 bits per heavy atom. The Morgan fingerprint density at radius 1 is 1.11 bits per heavy atom. The van der Waals surface area contributed by atoms with Crippen LogP contribution in [0.15, 0.2) is 0 Å². The summed E-state index contributed by atoms with van der Waals surface area (Å²) in [6, 6.07) is 2.47. The third kappa shape index (κ3) is 2.45. The van der Waals surface area contributed by atoms with E-state index in [-0.39, 0.29) is 0 Å². The van der Waals surface area contributed by atoms with Gasteiger partial charge in [-0.25, -0.2) is 0 Å². The van der Waals surface area contributed by atoms with Crippen LogP contribution in [-0.4, -0.2) is 43.2 Å². The van der Waals surface area contributed by atoms with E-state index in [1.807, 2.05) is 0 Å². The average molecular weight is 251 g/mol. The largest absolute Gasteiger partial charge is 0.330 e. The number of nitrogens with zero attached hydrogens (tertiary/aromatic N) is 1. The summed E-state index contributed by atoms with van der Waals surface area (Å²) in [6.07, 6.45) is 9.77. The summed E-state index contributed by atoms with van der Waals surface area (Å²) in [5, 5.41) is 3.84. The van der Waals surface area contributed by atoms with Crippen molar-refractivity contribution in [2.45, 2.75) is 63.1 Å². The molecule has 0 radical (unpaired) electrons. The molecular formula is C15H29N3. The molecule has 2 aliphatic heterocycles. The lowest BCUT2D eigenvalue weighted by Crippen LogP contribution is -2.45. The van der Waals surface area contributed by atoms with Crippen LogP contribution in [0.25, 0.3) is 0 Å². The van der Waals surface area contributed by atoms with Crippen LogP contribution in [0.3, 0.4) is 0 Å². The fraction of sp³-hybridized carbons (Fsp3) is 1.00. The van der Waals surface area contributed by atoms with Crippen molar-refractivity contribution in [3.63, 3.8) is 0 Å². The zero-order valence-electron chi connectivity index (χ0n) is 11.8. The molecule has 18 heavy (non-hydrogen) atoms. The van der Waals surface area contributed by atoms with Gasteiger partial charge in [-0.05, 0) is 70.5 Å². The molecule has 0 spiro atoms. The lowest BCUT2D eigenvalue weighted by molar-refractivity contribution is 0.130. The number of hydrogen-bond acceptors (Lipinski definition) is 3. The van der Waals surface area contributed by atoms with Gasteiger partial charge in [0.1, 0.15) is 0 Å². The predicted octanol–water partition coefficient (Wildman–Crippen LogP) is 1.58. The van der Waals surface area contributed by atoms with E-state index in [0.717, 1.165) is 30.5 Å². The fourth-order valence-corrected chi connectivity index (χ4v) is 4.60. The lowest BCUT2D eigenvalue weighted by Gasteiger charge is -2.37. The minimum absolute atomic E-state index is 0.715. The highest BCUT2D eigenvalue weighted by Crippen LogP contribution is 2.37. The van der Waals surface area contributed by atoms with E-state index in [1.165, 1.54) is 51.5 Å². The summed E-state index contributed by atoms with van der Waals surface area (Å²) in [4.78, 5) is 2.63. The van der Waals surface area contributed by atoms with Gasteiger partial charge in [-0.1, -0.05) is 6.42 Å². The second-order valence-corrected chi connectivity index (χ2v) is 6.83. The minimum atomic E-state index is 0.715. The van der Waals surface area contributed by atoms with Crippen molar-refractivity contribution in [1.82, 2.24) is 10.2 Å². The van der Waals surface area contributed by atoms with Gasteiger partial charge in [0.05, 0.1) is 0 Å². The molecule has 3 rings (SSSR count). The summed E-state index contributed by atoms with van der Waals surface area (Å²) in [6.45, 7) is 2.11. The molecule has 3 fully saturated rings. The summed E-state index contributed by atoms with van der Waals surface area (Å²) in [5.74, 6) is 1.66. The minimum Gasteiger partial charge on any atom is -0.330 e. The fourth-order valence-electron chi connectivity index (χ4n) is 4.60. The Hall–Kier alpha value is -0.120. The van der Waals surface area contributed by atoms with Gasteiger partial charge in [-0.2, -0.15) is 0 Å². The van der Waals surface area contributed by atoms with Gasteiger partial charge in [0.25, 0.3) is 0 Å². The Labute approximate surface area is 111 Å². The molecule has 3 aliphatic rings. The first-order valence-corrected chi connectivity index (χ1v) is 7.93. The number of fused-ring (bicyclic) bond motifs is 2. The van der Waals surface area contributed by atoms with Crippen molar-refractivity contribution in [3.05, 3.63) is 0 Å². The van der Waals surface area contributed by atoms with Gasteiger partial charge in [0.2, 0.25) is 0 Å². The van der Waals surface area contributed by atoms with Gasteiger partial charge in [-0.3, -0.25) is 0 Å². The zero-order valence-corrected chi connectivity index (χ0v) is 11.8. The van der Waals surface area contributed by atoms with E-state index in [0.29, 0.717) is 6.04 Å². The number of piperidine rings is 1.